The van der Waals surface area contributed by atoms with E-state index >= 15 is 0 Å². The molecule has 9 heteroatoms. The van der Waals surface area contributed by atoms with Crippen molar-refractivity contribution in [2.75, 3.05) is 37.7 Å². The molecule has 3 heterocycles. The van der Waals surface area contributed by atoms with Gasteiger partial charge in [-0.1, -0.05) is 12.1 Å². The number of fused-ring (bicyclic) bond motifs is 1. The molecule has 0 N–H and O–H groups in total. The SMILES string of the molecule is Cn1ncc2c(N3CCN(C(=O)COc4ccccc4C#N)CC3)ncnc21. The van der Waals surface area contributed by atoms with E-state index in [9.17, 15) is 4.79 Å². The molecule has 1 aromatic carbocycles. The highest BCUT2D eigenvalue weighted by Crippen LogP contribution is 2.23. The zero-order valence-electron chi connectivity index (χ0n) is 15.4. The average Bonchev–Trinajstić information content (AvgIpc) is 3.13. The van der Waals surface area contributed by atoms with Crippen LogP contribution in [0.5, 0.6) is 5.75 Å². The van der Waals surface area contributed by atoms with Gasteiger partial charge in [-0.25, -0.2) is 9.97 Å². The molecule has 0 bridgehead atoms. The van der Waals surface area contributed by atoms with Gasteiger partial charge < -0.3 is 14.5 Å². The quantitative estimate of drug-likeness (QED) is 0.668. The average molecular weight is 377 g/mol. The summed E-state index contributed by atoms with van der Waals surface area (Å²) in [6.45, 7) is 2.41. The van der Waals surface area contributed by atoms with Crippen LogP contribution in [0.25, 0.3) is 11.0 Å². The molecule has 9 nitrogen and oxygen atoms in total. The Bertz CT molecular complexity index is 1050. The Labute approximate surface area is 161 Å². The highest BCUT2D eigenvalue weighted by molar-refractivity contribution is 5.86. The van der Waals surface area contributed by atoms with Gasteiger partial charge in [-0.05, 0) is 12.1 Å². The summed E-state index contributed by atoms with van der Waals surface area (Å²) in [5, 5.41) is 14.2. The molecular formula is C19H19N7O2. The first-order valence-corrected chi connectivity index (χ1v) is 8.94. The molecule has 0 radical (unpaired) electrons. The van der Waals surface area contributed by atoms with Crippen LogP contribution in [-0.4, -0.2) is 63.3 Å². The third kappa shape index (κ3) is 3.32. The number of benzene rings is 1. The number of hydrogen-bond acceptors (Lipinski definition) is 7. The molecule has 0 spiro atoms. The number of ether oxygens (including phenoxy) is 1. The lowest BCUT2D eigenvalue weighted by Gasteiger charge is -2.35. The number of nitrogens with zero attached hydrogens (tertiary/aromatic N) is 7. The van der Waals surface area contributed by atoms with Crippen molar-refractivity contribution in [1.82, 2.24) is 24.6 Å². The van der Waals surface area contributed by atoms with Gasteiger partial charge in [0.15, 0.2) is 12.3 Å². The summed E-state index contributed by atoms with van der Waals surface area (Å²) >= 11 is 0. The molecular weight excluding hydrogens is 358 g/mol. The third-order valence-corrected chi connectivity index (χ3v) is 4.80. The monoisotopic (exact) mass is 377 g/mol. The first-order chi connectivity index (χ1) is 13.7. The third-order valence-electron chi connectivity index (χ3n) is 4.80. The minimum absolute atomic E-state index is 0.0843. The maximum Gasteiger partial charge on any atom is 0.260 e. The Kier molecular flexibility index (Phi) is 4.76. The fraction of sp³-hybridized carbons (Fsp3) is 0.316. The summed E-state index contributed by atoms with van der Waals surface area (Å²) < 4.78 is 7.27. The summed E-state index contributed by atoms with van der Waals surface area (Å²) in [7, 11) is 1.85. The summed E-state index contributed by atoms with van der Waals surface area (Å²) in [5.74, 6) is 1.17. The molecule has 1 saturated heterocycles. The topological polar surface area (TPSA) is 100 Å². The smallest absolute Gasteiger partial charge is 0.260 e. The van der Waals surface area contributed by atoms with E-state index in [1.54, 1.807) is 40.0 Å². The zero-order valence-corrected chi connectivity index (χ0v) is 15.4. The molecule has 2 aromatic heterocycles. The molecule has 0 aliphatic carbocycles. The van der Waals surface area contributed by atoms with E-state index < -0.39 is 0 Å². The van der Waals surface area contributed by atoms with Crippen molar-refractivity contribution in [3.8, 4) is 11.8 Å². The van der Waals surface area contributed by atoms with Gasteiger partial charge >= 0.3 is 0 Å². The number of hydrogen-bond donors (Lipinski definition) is 0. The maximum atomic E-state index is 12.5. The Hall–Kier alpha value is -3.67. The van der Waals surface area contributed by atoms with Crippen molar-refractivity contribution in [2.45, 2.75) is 0 Å². The Morgan fingerprint density at radius 1 is 1.21 bits per heavy atom. The molecule has 28 heavy (non-hydrogen) atoms. The van der Waals surface area contributed by atoms with E-state index in [2.05, 4.69) is 26.0 Å². The molecule has 4 rings (SSSR count). The molecule has 1 aliphatic rings. The largest absolute Gasteiger partial charge is 0.482 e. The van der Waals surface area contributed by atoms with E-state index in [0.29, 0.717) is 37.5 Å². The van der Waals surface area contributed by atoms with Crippen LogP contribution >= 0.6 is 0 Å². The van der Waals surface area contributed by atoms with Crippen molar-refractivity contribution in [1.29, 1.82) is 5.26 Å². The van der Waals surface area contributed by atoms with Crippen LogP contribution in [0.15, 0.2) is 36.8 Å². The number of carbonyl (C=O) groups is 1. The van der Waals surface area contributed by atoms with Gasteiger partial charge in [0.2, 0.25) is 0 Å². The van der Waals surface area contributed by atoms with Gasteiger partial charge in [0, 0.05) is 33.2 Å². The van der Waals surface area contributed by atoms with Crippen molar-refractivity contribution < 1.29 is 9.53 Å². The molecule has 1 fully saturated rings. The van der Waals surface area contributed by atoms with E-state index in [-0.39, 0.29) is 12.5 Å². The first-order valence-electron chi connectivity index (χ1n) is 8.94. The molecule has 0 saturated carbocycles. The Morgan fingerprint density at radius 3 is 2.79 bits per heavy atom. The van der Waals surface area contributed by atoms with Crippen molar-refractivity contribution in [3.63, 3.8) is 0 Å². The second-order valence-corrected chi connectivity index (χ2v) is 6.47. The van der Waals surface area contributed by atoms with Gasteiger partial charge in [0.1, 0.15) is 24.0 Å². The van der Waals surface area contributed by atoms with Crippen LogP contribution in [-0.2, 0) is 11.8 Å². The number of anilines is 1. The highest BCUT2D eigenvalue weighted by atomic mass is 16.5. The first kappa shape index (κ1) is 17.7. The Balaban J connectivity index is 1.37. The minimum atomic E-state index is -0.0957. The lowest BCUT2D eigenvalue weighted by Crippen LogP contribution is -2.50. The fourth-order valence-electron chi connectivity index (χ4n) is 3.28. The summed E-state index contributed by atoms with van der Waals surface area (Å²) in [4.78, 5) is 25.1. The number of para-hydroxylation sites is 1. The van der Waals surface area contributed by atoms with E-state index in [4.69, 9.17) is 10.00 Å². The van der Waals surface area contributed by atoms with Crippen LogP contribution in [0.3, 0.4) is 0 Å². The van der Waals surface area contributed by atoms with Crippen LogP contribution < -0.4 is 9.64 Å². The fourth-order valence-corrected chi connectivity index (χ4v) is 3.28. The van der Waals surface area contributed by atoms with Gasteiger partial charge in [-0.3, -0.25) is 9.48 Å². The number of piperazine rings is 1. The maximum absolute atomic E-state index is 12.5. The normalized spacial score (nSPS) is 14.1. The van der Waals surface area contributed by atoms with Crippen LogP contribution in [0.4, 0.5) is 5.82 Å². The zero-order chi connectivity index (χ0) is 19.5. The number of aromatic nitrogens is 4. The second kappa shape index (κ2) is 7.52. The molecule has 1 aliphatic heterocycles. The lowest BCUT2D eigenvalue weighted by molar-refractivity contribution is -0.133. The van der Waals surface area contributed by atoms with Gasteiger partial charge in [-0.15, -0.1) is 0 Å². The van der Waals surface area contributed by atoms with Crippen molar-refractivity contribution >= 4 is 22.8 Å². The van der Waals surface area contributed by atoms with Crippen LogP contribution in [0.1, 0.15) is 5.56 Å². The molecule has 1 amide bonds. The van der Waals surface area contributed by atoms with E-state index in [1.807, 2.05) is 7.05 Å². The van der Waals surface area contributed by atoms with E-state index in [1.165, 1.54) is 6.33 Å². The predicted octanol–water partition coefficient (Wildman–Crippen LogP) is 0.963. The number of aryl methyl sites for hydroxylation is 1. The number of nitriles is 1. The molecule has 0 atom stereocenters. The molecule has 0 unspecified atom stereocenters. The number of carbonyl (C=O) groups excluding carboxylic acids is 1. The van der Waals surface area contributed by atoms with Crippen molar-refractivity contribution in [2.24, 2.45) is 7.05 Å². The summed E-state index contributed by atoms with van der Waals surface area (Å²) in [6, 6.07) is 8.96. The van der Waals surface area contributed by atoms with Gasteiger partial charge in [-0.2, -0.15) is 10.4 Å². The second-order valence-electron chi connectivity index (χ2n) is 6.47. The number of amides is 1. The van der Waals surface area contributed by atoms with Gasteiger partial charge in [0.25, 0.3) is 5.91 Å². The summed E-state index contributed by atoms with van der Waals surface area (Å²) in [5.41, 5.74) is 1.21. The number of rotatable bonds is 4. The summed E-state index contributed by atoms with van der Waals surface area (Å²) in [6.07, 6.45) is 3.31. The van der Waals surface area contributed by atoms with Crippen LogP contribution in [0, 0.1) is 11.3 Å². The van der Waals surface area contributed by atoms with Crippen molar-refractivity contribution in [3.05, 3.63) is 42.4 Å². The molecule has 142 valence electrons. The Morgan fingerprint density at radius 2 is 2.00 bits per heavy atom. The standard InChI is InChI=1S/C19H19N7O2/c1-24-18-15(11-23-24)19(22-13-21-18)26-8-6-25(7-9-26)17(27)12-28-16-5-3-2-4-14(16)10-20/h2-5,11,13H,6-9,12H2,1H3. The highest BCUT2D eigenvalue weighted by Gasteiger charge is 2.24. The van der Waals surface area contributed by atoms with Crippen LogP contribution in [0.2, 0.25) is 0 Å². The lowest BCUT2D eigenvalue weighted by atomic mass is 10.2. The predicted molar refractivity (Wildman–Crippen MR) is 102 cm³/mol. The van der Waals surface area contributed by atoms with Gasteiger partial charge in [0.05, 0.1) is 17.1 Å². The molecule has 3 aromatic rings. The minimum Gasteiger partial charge on any atom is -0.482 e. The van der Waals surface area contributed by atoms with E-state index in [0.717, 1.165) is 16.9 Å².